The number of nitrogens with one attached hydrogen (secondary N) is 1. The van der Waals surface area contributed by atoms with Crippen molar-refractivity contribution >= 4 is 17.7 Å². The molecule has 0 aromatic heterocycles. The van der Waals surface area contributed by atoms with E-state index in [-0.39, 0.29) is 5.91 Å². The van der Waals surface area contributed by atoms with Gasteiger partial charge in [-0.1, -0.05) is 35.9 Å². The second kappa shape index (κ2) is 8.49. The number of benzene rings is 2. The molecule has 0 aliphatic rings. The molecule has 0 bridgehead atoms. The lowest BCUT2D eigenvalue weighted by atomic mass is 10.1. The van der Waals surface area contributed by atoms with Gasteiger partial charge >= 0.3 is 0 Å². The standard InChI is InChI=1S/C18H21NO2S/c1-14-8-9-17(21-2)15(12-14)13-18(20)19-10-11-22-16-6-4-3-5-7-16/h3-9,12H,10-11,13H2,1-2H3,(H,19,20). The zero-order chi connectivity index (χ0) is 15.8. The zero-order valence-electron chi connectivity index (χ0n) is 13.0. The molecular weight excluding hydrogens is 294 g/mol. The molecule has 0 saturated heterocycles. The van der Waals surface area contributed by atoms with Gasteiger partial charge in [0.05, 0.1) is 13.5 Å². The van der Waals surface area contributed by atoms with E-state index in [2.05, 4.69) is 17.4 Å². The highest BCUT2D eigenvalue weighted by atomic mass is 32.2. The largest absolute Gasteiger partial charge is 0.496 e. The molecule has 2 aromatic rings. The van der Waals surface area contributed by atoms with Gasteiger partial charge in [-0.3, -0.25) is 4.79 Å². The van der Waals surface area contributed by atoms with E-state index in [9.17, 15) is 4.79 Å². The second-order valence-electron chi connectivity index (χ2n) is 5.00. The monoisotopic (exact) mass is 315 g/mol. The predicted octanol–water partition coefficient (Wildman–Crippen LogP) is 3.45. The van der Waals surface area contributed by atoms with Crippen molar-refractivity contribution in [2.75, 3.05) is 19.4 Å². The first-order valence-electron chi connectivity index (χ1n) is 7.27. The molecule has 1 amide bonds. The van der Waals surface area contributed by atoms with Crippen LogP contribution in [0.1, 0.15) is 11.1 Å². The average Bonchev–Trinajstić information content (AvgIpc) is 2.53. The first kappa shape index (κ1) is 16.4. The van der Waals surface area contributed by atoms with E-state index in [4.69, 9.17) is 4.74 Å². The van der Waals surface area contributed by atoms with Crippen LogP contribution in [0.25, 0.3) is 0 Å². The van der Waals surface area contributed by atoms with Crippen LogP contribution in [0.2, 0.25) is 0 Å². The average molecular weight is 315 g/mol. The Hall–Kier alpha value is -1.94. The summed E-state index contributed by atoms with van der Waals surface area (Å²) in [7, 11) is 1.63. The summed E-state index contributed by atoms with van der Waals surface area (Å²) in [4.78, 5) is 13.2. The van der Waals surface area contributed by atoms with E-state index in [0.717, 1.165) is 22.6 Å². The number of rotatable bonds is 7. The Kier molecular flexibility index (Phi) is 6.34. The summed E-state index contributed by atoms with van der Waals surface area (Å²) >= 11 is 1.74. The minimum absolute atomic E-state index is 0.0255. The van der Waals surface area contributed by atoms with Crippen LogP contribution in [0.5, 0.6) is 5.75 Å². The molecule has 0 heterocycles. The number of aryl methyl sites for hydroxylation is 1. The van der Waals surface area contributed by atoms with Gasteiger partial charge < -0.3 is 10.1 Å². The number of thioether (sulfide) groups is 1. The van der Waals surface area contributed by atoms with Gasteiger partial charge in [0.2, 0.25) is 5.91 Å². The lowest BCUT2D eigenvalue weighted by Crippen LogP contribution is -2.27. The Morgan fingerprint density at radius 3 is 2.68 bits per heavy atom. The first-order valence-corrected chi connectivity index (χ1v) is 8.25. The molecule has 116 valence electrons. The molecule has 0 unspecified atom stereocenters. The Labute approximate surface area is 136 Å². The molecule has 0 saturated carbocycles. The minimum atomic E-state index is 0.0255. The third-order valence-corrected chi connectivity index (χ3v) is 4.24. The highest BCUT2D eigenvalue weighted by Crippen LogP contribution is 2.20. The molecule has 0 atom stereocenters. The van der Waals surface area contributed by atoms with Crippen LogP contribution < -0.4 is 10.1 Å². The number of hydrogen-bond donors (Lipinski definition) is 1. The van der Waals surface area contributed by atoms with E-state index < -0.39 is 0 Å². The lowest BCUT2D eigenvalue weighted by molar-refractivity contribution is -0.120. The molecule has 0 fully saturated rings. The Morgan fingerprint density at radius 1 is 1.18 bits per heavy atom. The third-order valence-electron chi connectivity index (χ3n) is 3.22. The van der Waals surface area contributed by atoms with Crippen LogP contribution in [0.3, 0.4) is 0 Å². The summed E-state index contributed by atoms with van der Waals surface area (Å²) in [5.74, 6) is 1.65. The van der Waals surface area contributed by atoms with Crippen molar-refractivity contribution in [2.24, 2.45) is 0 Å². The van der Waals surface area contributed by atoms with Gasteiger partial charge in [0.1, 0.15) is 5.75 Å². The summed E-state index contributed by atoms with van der Waals surface area (Å²) in [6.07, 6.45) is 0.348. The highest BCUT2D eigenvalue weighted by molar-refractivity contribution is 7.99. The van der Waals surface area contributed by atoms with Gasteiger partial charge in [0, 0.05) is 22.8 Å². The van der Waals surface area contributed by atoms with E-state index in [0.29, 0.717) is 13.0 Å². The van der Waals surface area contributed by atoms with Crippen LogP contribution in [0.15, 0.2) is 53.4 Å². The van der Waals surface area contributed by atoms with Crippen LogP contribution in [-0.4, -0.2) is 25.3 Å². The SMILES string of the molecule is COc1ccc(C)cc1CC(=O)NCCSc1ccccc1. The van der Waals surface area contributed by atoms with Crippen LogP contribution >= 0.6 is 11.8 Å². The van der Waals surface area contributed by atoms with Gasteiger partial charge in [-0.15, -0.1) is 11.8 Å². The van der Waals surface area contributed by atoms with Crippen molar-refractivity contribution in [3.05, 3.63) is 59.7 Å². The number of ether oxygens (including phenoxy) is 1. The van der Waals surface area contributed by atoms with Crippen molar-refractivity contribution in [3.63, 3.8) is 0 Å². The quantitative estimate of drug-likeness (QED) is 0.628. The van der Waals surface area contributed by atoms with Gasteiger partial charge in [0.15, 0.2) is 0 Å². The maximum absolute atomic E-state index is 12.0. The van der Waals surface area contributed by atoms with Gasteiger partial charge in [-0.2, -0.15) is 0 Å². The zero-order valence-corrected chi connectivity index (χ0v) is 13.8. The van der Waals surface area contributed by atoms with Crippen LogP contribution in [-0.2, 0) is 11.2 Å². The molecule has 0 radical (unpaired) electrons. The van der Waals surface area contributed by atoms with Gasteiger partial charge in [-0.25, -0.2) is 0 Å². The smallest absolute Gasteiger partial charge is 0.224 e. The molecule has 2 aromatic carbocycles. The van der Waals surface area contributed by atoms with Crippen LogP contribution in [0, 0.1) is 6.92 Å². The summed E-state index contributed by atoms with van der Waals surface area (Å²) in [5, 5.41) is 2.96. The van der Waals surface area contributed by atoms with Crippen molar-refractivity contribution in [1.82, 2.24) is 5.32 Å². The number of amides is 1. The van der Waals surface area contributed by atoms with Crippen molar-refractivity contribution in [2.45, 2.75) is 18.2 Å². The normalized spacial score (nSPS) is 10.3. The van der Waals surface area contributed by atoms with E-state index in [1.807, 2.05) is 43.3 Å². The Balaban J connectivity index is 1.77. The number of carbonyl (C=O) groups is 1. The highest BCUT2D eigenvalue weighted by Gasteiger charge is 2.08. The molecule has 0 aliphatic carbocycles. The molecule has 4 heteroatoms. The lowest BCUT2D eigenvalue weighted by Gasteiger charge is -2.10. The second-order valence-corrected chi connectivity index (χ2v) is 6.17. The summed E-state index contributed by atoms with van der Waals surface area (Å²) in [5.41, 5.74) is 2.05. The van der Waals surface area contributed by atoms with Crippen LogP contribution in [0.4, 0.5) is 0 Å². The summed E-state index contributed by atoms with van der Waals surface area (Å²) < 4.78 is 5.30. The fourth-order valence-electron chi connectivity index (χ4n) is 2.16. The van der Waals surface area contributed by atoms with Gasteiger partial charge in [0.25, 0.3) is 0 Å². The topological polar surface area (TPSA) is 38.3 Å². The fraction of sp³-hybridized carbons (Fsp3) is 0.278. The number of hydrogen-bond acceptors (Lipinski definition) is 3. The molecule has 2 rings (SSSR count). The fourth-order valence-corrected chi connectivity index (χ4v) is 2.95. The third kappa shape index (κ3) is 5.11. The van der Waals surface area contributed by atoms with Crippen molar-refractivity contribution in [1.29, 1.82) is 0 Å². The molecule has 0 spiro atoms. The first-order chi connectivity index (χ1) is 10.7. The molecular formula is C18H21NO2S. The van der Waals surface area contributed by atoms with E-state index in [1.54, 1.807) is 18.9 Å². The van der Waals surface area contributed by atoms with Gasteiger partial charge in [-0.05, 0) is 25.1 Å². The maximum atomic E-state index is 12.0. The number of methoxy groups -OCH3 is 1. The summed E-state index contributed by atoms with van der Waals surface area (Å²) in [6, 6.07) is 16.1. The molecule has 22 heavy (non-hydrogen) atoms. The maximum Gasteiger partial charge on any atom is 0.224 e. The minimum Gasteiger partial charge on any atom is -0.496 e. The Bertz CT molecular complexity index is 614. The summed E-state index contributed by atoms with van der Waals surface area (Å²) in [6.45, 7) is 2.67. The number of carbonyl (C=O) groups excluding carboxylic acids is 1. The molecule has 1 N–H and O–H groups in total. The Morgan fingerprint density at radius 2 is 1.95 bits per heavy atom. The molecule has 0 aliphatic heterocycles. The molecule has 3 nitrogen and oxygen atoms in total. The van der Waals surface area contributed by atoms with E-state index in [1.165, 1.54) is 4.90 Å². The van der Waals surface area contributed by atoms with Crippen molar-refractivity contribution < 1.29 is 9.53 Å². The van der Waals surface area contributed by atoms with E-state index >= 15 is 0 Å². The van der Waals surface area contributed by atoms with Crippen molar-refractivity contribution in [3.8, 4) is 5.75 Å². The predicted molar refractivity (Wildman–Crippen MR) is 91.6 cm³/mol.